The van der Waals surface area contributed by atoms with Crippen LogP contribution in [0.4, 0.5) is 30.2 Å². The molecule has 7 aromatic heterocycles. The monoisotopic (exact) mass is 1180 g/mol. The molecule has 0 bridgehead atoms. The van der Waals surface area contributed by atoms with Crippen molar-refractivity contribution in [1.82, 2.24) is 29.1 Å². The molecule has 86 heavy (non-hydrogen) atoms. The quantitative estimate of drug-likeness (QED) is 0.108. The standard InChI is InChI=1S/C22H20FN3O2.C21H19FN4O2.C12H14FNO2.C11H11NOS/c1-14-5-6-21-24-19(13-26(21)12-14)17-11-16-18(23)9-15(10-20(16)28-22(17)27)25-7-3-2-4-8-25;1-13-2-3-20-24-18(12-26(20)11-13)16-10-15-17(22)8-14(9-19(15)28-21(16)27)25-6-4-23-5-7-25;13-11-6-9(7-12(16)10(11)8-15)14-4-2-1-3-5-14;1-7-3-4-9-10(5-7)14-11(12-9)6-8(2)13/h5-6,9-13H,2-4,7-8H2,1H3;2-3,8-12,23H,4-7H2,1H3;6-8,16H,1-5H2;3-5H,6H2,1-2H3. The molecule has 442 valence electrons. The van der Waals surface area contributed by atoms with Gasteiger partial charge in [-0.2, -0.15) is 0 Å². The van der Waals surface area contributed by atoms with Crippen LogP contribution in [0.3, 0.4) is 0 Å². The van der Waals surface area contributed by atoms with E-state index in [0.717, 1.165) is 122 Å². The number of aromatic nitrogens is 5. The maximum atomic E-state index is 14.9. The molecule has 4 aromatic carbocycles. The average Bonchev–Trinajstić information content (AvgIpc) is 2.04. The highest BCUT2D eigenvalue weighted by atomic mass is 32.1. The molecular formula is C66H64F3N9O7S. The number of phenols is 1. The number of carbonyl (C=O) groups excluding carboxylic acids is 2. The molecule has 0 atom stereocenters. The summed E-state index contributed by atoms with van der Waals surface area (Å²) in [7, 11) is 0. The molecule has 16 nitrogen and oxygen atoms in total. The summed E-state index contributed by atoms with van der Waals surface area (Å²) in [6.07, 6.45) is 14.9. The van der Waals surface area contributed by atoms with Crippen LogP contribution in [-0.4, -0.2) is 93.3 Å². The fraction of sp³-hybridized carbons (Fsp3) is 0.288. The summed E-state index contributed by atoms with van der Waals surface area (Å²) in [6.45, 7) is 14.4. The van der Waals surface area contributed by atoms with Gasteiger partial charge in [0.1, 0.15) is 56.5 Å². The van der Waals surface area contributed by atoms with Gasteiger partial charge in [0.2, 0.25) is 0 Å². The lowest BCUT2D eigenvalue weighted by molar-refractivity contribution is -0.116. The molecule has 10 heterocycles. The minimum atomic E-state index is -0.657. The first-order chi connectivity index (χ1) is 41.5. The highest BCUT2D eigenvalue weighted by molar-refractivity contribution is 7.18. The second kappa shape index (κ2) is 25.6. The number of thiazole rings is 1. The number of anilines is 3. The Kier molecular flexibility index (Phi) is 17.5. The number of carbonyl (C=O) groups is 2. The summed E-state index contributed by atoms with van der Waals surface area (Å²) in [5.41, 5.74) is 8.65. The van der Waals surface area contributed by atoms with E-state index in [9.17, 15) is 37.5 Å². The molecule has 0 radical (unpaired) electrons. The van der Waals surface area contributed by atoms with Crippen molar-refractivity contribution >= 4 is 83.9 Å². The number of nitrogens with zero attached hydrogens (tertiary/aromatic N) is 8. The zero-order chi connectivity index (χ0) is 60.2. The number of rotatable bonds is 8. The zero-order valence-electron chi connectivity index (χ0n) is 48.2. The van der Waals surface area contributed by atoms with Gasteiger partial charge in [0.05, 0.1) is 55.5 Å². The number of hydrogen-bond donors (Lipinski definition) is 2. The van der Waals surface area contributed by atoms with Crippen molar-refractivity contribution in [3.63, 3.8) is 0 Å². The van der Waals surface area contributed by atoms with Crippen LogP contribution in [0.5, 0.6) is 5.75 Å². The van der Waals surface area contributed by atoms with Crippen LogP contribution < -0.4 is 31.3 Å². The highest BCUT2D eigenvalue weighted by Crippen LogP contribution is 2.33. The summed E-state index contributed by atoms with van der Waals surface area (Å²) in [5, 5.41) is 14.3. The first-order valence-electron chi connectivity index (χ1n) is 28.8. The molecule has 3 fully saturated rings. The molecule has 0 amide bonds. The first kappa shape index (κ1) is 58.6. The van der Waals surface area contributed by atoms with Crippen LogP contribution in [0.25, 0.3) is 66.0 Å². The number of imidazole rings is 2. The van der Waals surface area contributed by atoms with Crippen molar-refractivity contribution in [2.45, 2.75) is 72.6 Å². The Morgan fingerprint density at radius 2 is 1.07 bits per heavy atom. The van der Waals surface area contributed by atoms with E-state index >= 15 is 0 Å². The largest absolute Gasteiger partial charge is 0.507 e. The number of fused-ring (bicyclic) bond motifs is 5. The van der Waals surface area contributed by atoms with Crippen molar-refractivity contribution in [1.29, 1.82) is 0 Å². The predicted octanol–water partition coefficient (Wildman–Crippen LogP) is 12.6. The summed E-state index contributed by atoms with van der Waals surface area (Å²) in [5.74, 6) is -1.56. The number of nitrogens with one attached hydrogen (secondary N) is 1. The number of Topliss-reactive ketones (excluding diaryl/α,β-unsaturated/α-hetero) is 1. The van der Waals surface area contributed by atoms with Crippen LogP contribution in [0, 0.1) is 38.2 Å². The highest BCUT2D eigenvalue weighted by Gasteiger charge is 2.21. The van der Waals surface area contributed by atoms with Crippen LogP contribution in [-0.2, 0) is 11.2 Å². The van der Waals surface area contributed by atoms with Gasteiger partial charge >= 0.3 is 11.3 Å². The molecule has 20 heteroatoms. The van der Waals surface area contributed by atoms with Crippen molar-refractivity contribution < 1.29 is 36.7 Å². The Morgan fingerprint density at radius 3 is 1.56 bits per heavy atom. The number of ketones is 1. The van der Waals surface area contributed by atoms with Gasteiger partial charge in [0, 0.05) is 112 Å². The number of aromatic hydroxyl groups is 1. The fourth-order valence-electron chi connectivity index (χ4n) is 11.0. The third-order valence-corrected chi connectivity index (χ3v) is 16.5. The third-order valence-electron chi connectivity index (χ3n) is 15.4. The number of phenolic OH excluding ortho intramolecular Hbond substituents is 1. The molecule has 0 unspecified atom stereocenters. The van der Waals surface area contributed by atoms with Crippen LogP contribution in [0.2, 0.25) is 0 Å². The number of piperazine rings is 1. The lowest BCUT2D eigenvalue weighted by Gasteiger charge is -2.29. The van der Waals surface area contributed by atoms with Crippen LogP contribution in [0.15, 0.2) is 134 Å². The normalized spacial score (nSPS) is 14.4. The molecule has 3 saturated heterocycles. The van der Waals surface area contributed by atoms with E-state index in [4.69, 9.17) is 8.83 Å². The van der Waals surface area contributed by atoms with E-state index in [1.165, 1.54) is 53.4 Å². The van der Waals surface area contributed by atoms with Gasteiger partial charge in [0.25, 0.3) is 0 Å². The second-order valence-corrected chi connectivity index (χ2v) is 23.2. The number of aryl methyl sites for hydroxylation is 3. The average molecular weight is 1180 g/mol. The number of pyridine rings is 2. The smallest absolute Gasteiger partial charge is 0.345 e. The van der Waals surface area contributed by atoms with E-state index in [-0.39, 0.29) is 50.6 Å². The number of benzene rings is 4. The van der Waals surface area contributed by atoms with Gasteiger partial charge in [-0.15, -0.1) is 11.3 Å². The molecule has 3 aliphatic heterocycles. The summed E-state index contributed by atoms with van der Waals surface area (Å²) in [6, 6.07) is 26.2. The maximum Gasteiger partial charge on any atom is 0.345 e. The molecule has 3 aliphatic rings. The Hall–Kier alpha value is -9.14. The molecular weight excluding hydrogens is 1120 g/mol. The number of piperidine rings is 2. The maximum absolute atomic E-state index is 14.9. The molecule has 0 aliphatic carbocycles. The molecule has 2 N–H and O–H groups in total. The molecule has 0 spiro atoms. The van der Waals surface area contributed by atoms with Crippen molar-refractivity contribution in [2.75, 3.05) is 67.1 Å². The van der Waals surface area contributed by atoms with Gasteiger partial charge in [-0.1, -0.05) is 18.2 Å². The Balaban J connectivity index is 0.000000124. The van der Waals surface area contributed by atoms with E-state index in [2.05, 4.69) is 43.1 Å². The van der Waals surface area contributed by atoms with Crippen molar-refractivity contribution in [3.05, 3.63) is 181 Å². The topological polar surface area (TPSA) is 184 Å². The van der Waals surface area contributed by atoms with Gasteiger partial charge in [-0.25, -0.2) is 37.7 Å². The van der Waals surface area contributed by atoms with Crippen LogP contribution >= 0.6 is 11.3 Å². The van der Waals surface area contributed by atoms with E-state index in [1.54, 1.807) is 48.9 Å². The number of aldehydes is 1. The minimum absolute atomic E-state index is 0.167. The second-order valence-electron chi connectivity index (χ2n) is 22.0. The minimum Gasteiger partial charge on any atom is -0.507 e. The molecule has 11 aromatic rings. The van der Waals surface area contributed by atoms with Crippen molar-refractivity contribution in [2.24, 2.45) is 0 Å². The van der Waals surface area contributed by atoms with E-state index in [0.29, 0.717) is 35.2 Å². The SMILES string of the molecule is CC(=O)Cc1nc2ccc(C)cc2s1.Cc1ccc2nc(-c3cc4c(F)cc(N5CCCCC5)cc4oc3=O)cn2c1.Cc1ccc2nc(-c3cc4c(F)cc(N5CCNCC5)cc4oc3=O)cn2c1.O=Cc1c(O)cc(N2CCCCC2)cc1F. The summed E-state index contributed by atoms with van der Waals surface area (Å²) >= 11 is 1.61. The van der Waals surface area contributed by atoms with Gasteiger partial charge in [-0.3, -0.25) is 9.59 Å². The van der Waals surface area contributed by atoms with E-state index in [1.807, 2.05) is 76.3 Å². The van der Waals surface area contributed by atoms with Gasteiger partial charge < -0.3 is 42.8 Å². The third kappa shape index (κ3) is 13.2. The predicted molar refractivity (Wildman–Crippen MR) is 332 cm³/mol. The number of halogens is 3. The first-order valence-corrected chi connectivity index (χ1v) is 29.6. The van der Waals surface area contributed by atoms with Crippen LogP contribution in [0.1, 0.15) is 77.5 Å². The van der Waals surface area contributed by atoms with Gasteiger partial charge in [-0.05, 0) is 138 Å². The van der Waals surface area contributed by atoms with Crippen molar-refractivity contribution in [3.8, 4) is 28.3 Å². The summed E-state index contributed by atoms with van der Waals surface area (Å²) in [4.78, 5) is 66.3. The molecule has 0 saturated carbocycles. The molecule has 14 rings (SSSR count). The number of hydrogen-bond acceptors (Lipinski definition) is 15. The lowest BCUT2D eigenvalue weighted by Crippen LogP contribution is -2.43. The Labute approximate surface area is 496 Å². The summed E-state index contributed by atoms with van der Waals surface area (Å²) < 4.78 is 59.0. The van der Waals surface area contributed by atoms with E-state index < -0.39 is 22.9 Å². The zero-order valence-corrected chi connectivity index (χ0v) is 49.0. The van der Waals surface area contributed by atoms with Gasteiger partial charge in [0.15, 0.2) is 6.29 Å². The Bertz CT molecular complexity index is 4240. The fourth-order valence-corrected chi connectivity index (χ4v) is 12.1. The Morgan fingerprint density at radius 1 is 0.593 bits per heavy atom. The lowest BCUT2D eigenvalue weighted by atomic mass is 10.1.